The number of aryl methyl sites for hydroxylation is 1. The molecular formula is C16H15Cl2NO2. The van der Waals surface area contributed by atoms with Crippen molar-refractivity contribution in [2.24, 2.45) is 0 Å². The number of carbonyl (C=O) groups excluding carboxylic acids is 1. The predicted molar refractivity (Wildman–Crippen MR) is 86.4 cm³/mol. The highest BCUT2D eigenvalue weighted by molar-refractivity contribution is 6.39. The van der Waals surface area contributed by atoms with Gasteiger partial charge in [-0.25, -0.2) is 0 Å². The molecule has 2 aromatic rings. The number of hydrogen-bond donors (Lipinski definition) is 1. The molecule has 21 heavy (non-hydrogen) atoms. The second-order valence-corrected chi connectivity index (χ2v) is 5.47. The maximum absolute atomic E-state index is 12.1. The van der Waals surface area contributed by atoms with E-state index in [1.54, 1.807) is 25.1 Å². The van der Waals surface area contributed by atoms with Gasteiger partial charge < -0.3 is 10.1 Å². The lowest BCUT2D eigenvalue weighted by Gasteiger charge is -2.16. The lowest BCUT2D eigenvalue weighted by molar-refractivity contribution is -0.122. The Balaban J connectivity index is 2.04. The van der Waals surface area contributed by atoms with Gasteiger partial charge in [-0.2, -0.15) is 0 Å². The summed E-state index contributed by atoms with van der Waals surface area (Å²) in [6.07, 6.45) is -0.667. The second-order valence-electron chi connectivity index (χ2n) is 4.66. The van der Waals surface area contributed by atoms with E-state index in [0.717, 1.165) is 5.56 Å². The molecule has 2 aromatic carbocycles. The summed E-state index contributed by atoms with van der Waals surface area (Å²) in [6.45, 7) is 3.65. The summed E-state index contributed by atoms with van der Waals surface area (Å²) in [5.74, 6) is 0.319. The molecule has 1 atom stereocenters. The van der Waals surface area contributed by atoms with Crippen molar-refractivity contribution in [3.63, 3.8) is 0 Å². The van der Waals surface area contributed by atoms with Crippen molar-refractivity contribution in [1.82, 2.24) is 0 Å². The van der Waals surface area contributed by atoms with Gasteiger partial charge in [0.1, 0.15) is 5.75 Å². The maximum atomic E-state index is 12.1. The molecule has 0 aromatic heterocycles. The van der Waals surface area contributed by atoms with Crippen LogP contribution in [0.2, 0.25) is 10.0 Å². The van der Waals surface area contributed by atoms with E-state index in [1.807, 2.05) is 31.2 Å². The van der Waals surface area contributed by atoms with Crippen molar-refractivity contribution in [2.45, 2.75) is 20.0 Å². The fraction of sp³-hybridized carbons (Fsp3) is 0.188. The molecular weight excluding hydrogens is 309 g/mol. The van der Waals surface area contributed by atoms with Gasteiger partial charge in [-0.05, 0) is 38.1 Å². The third kappa shape index (κ3) is 4.13. The Morgan fingerprint density at radius 2 is 1.67 bits per heavy atom. The number of halogens is 2. The van der Waals surface area contributed by atoms with E-state index >= 15 is 0 Å². The smallest absolute Gasteiger partial charge is 0.265 e. The average Bonchev–Trinajstić information content (AvgIpc) is 2.45. The van der Waals surface area contributed by atoms with Crippen LogP contribution in [0, 0.1) is 6.92 Å². The van der Waals surface area contributed by atoms with Crippen molar-refractivity contribution in [1.29, 1.82) is 0 Å². The number of nitrogens with one attached hydrogen (secondary N) is 1. The Kier molecular flexibility index (Phi) is 5.10. The lowest BCUT2D eigenvalue weighted by Crippen LogP contribution is -2.30. The third-order valence-electron chi connectivity index (χ3n) is 2.91. The SMILES string of the molecule is Cc1ccc(O[C@@H](C)C(=O)Nc2c(Cl)cccc2Cl)cc1. The summed E-state index contributed by atoms with van der Waals surface area (Å²) < 4.78 is 5.58. The first-order valence-electron chi connectivity index (χ1n) is 6.45. The van der Waals surface area contributed by atoms with Crippen molar-refractivity contribution in [2.75, 3.05) is 5.32 Å². The highest BCUT2D eigenvalue weighted by atomic mass is 35.5. The quantitative estimate of drug-likeness (QED) is 0.885. The van der Waals surface area contributed by atoms with Gasteiger partial charge in [-0.1, -0.05) is 47.0 Å². The van der Waals surface area contributed by atoms with E-state index < -0.39 is 6.10 Å². The van der Waals surface area contributed by atoms with Crippen molar-refractivity contribution in [3.8, 4) is 5.75 Å². The van der Waals surface area contributed by atoms with Crippen LogP contribution in [-0.2, 0) is 4.79 Å². The monoisotopic (exact) mass is 323 g/mol. The first-order valence-corrected chi connectivity index (χ1v) is 7.21. The van der Waals surface area contributed by atoms with Gasteiger partial charge in [0.15, 0.2) is 6.10 Å². The number of hydrogen-bond acceptors (Lipinski definition) is 2. The molecule has 2 rings (SSSR count). The van der Waals surface area contributed by atoms with E-state index in [2.05, 4.69) is 5.32 Å². The number of para-hydroxylation sites is 1. The molecule has 1 amide bonds. The average molecular weight is 324 g/mol. The van der Waals surface area contributed by atoms with Crippen molar-refractivity contribution in [3.05, 3.63) is 58.1 Å². The van der Waals surface area contributed by atoms with Gasteiger partial charge in [0.25, 0.3) is 5.91 Å². The first kappa shape index (κ1) is 15.7. The number of amides is 1. The van der Waals surface area contributed by atoms with Crippen molar-refractivity contribution >= 4 is 34.8 Å². The molecule has 1 N–H and O–H groups in total. The Bertz CT molecular complexity index is 621. The summed E-state index contributed by atoms with van der Waals surface area (Å²) in [6, 6.07) is 12.5. The Morgan fingerprint density at radius 3 is 2.24 bits per heavy atom. The molecule has 0 unspecified atom stereocenters. The lowest BCUT2D eigenvalue weighted by atomic mass is 10.2. The minimum atomic E-state index is -0.667. The van der Waals surface area contributed by atoms with Crippen LogP contribution in [0.25, 0.3) is 0 Å². The van der Waals surface area contributed by atoms with Gasteiger partial charge in [0.2, 0.25) is 0 Å². The van der Waals surface area contributed by atoms with E-state index in [-0.39, 0.29) is 5.91 Å². The predicted octanol–water partition coefficient (Wildman–Crippen LogP) is 4.71. The molecule has 0 aliphatic rings. The summed E-state index contributed by atoms with van der Waals surface area (Å²) >= 11 is 12.0. The van der Waals surface area contributed by atoms with Crippen molar-refractivity contribution < 1.29 is 9.53 Å². The molecule has 3 nitrogen and oxygen atoms in total. The number of benzene rings is 2. The van der Waals surface area contributed by atoms with Crippen LogP contribution in [0.15, 0.2) is 42.5 Å². The number of anilines is 1. The molecule has 0 spiro atoms. The first-order chi connectivity index (χ1) is 9.97. The zero-order chi connectivity index (χ0) is 15.4. The number of rotatable bonds is 4. The highest BCUT2D eigenvalue weighted by Gasteiger charge is 2.17. The number of ether oxygens (including phenoxy) is 1. The molecule has 0 aliphatic heterocycles. The van der Waals surface area contributed by atoms with E-state index in [0.29, 0.717) is 21.5 Å². The van der Waals surface area contributed by atoms with Crippen LogP contribution in [0.1, 0.15) is 12.5 Å². The maximum Gasteiger partial charge on any atom is 0.265 e. The zero-order valence-corrected chi connectivity index (χ0v) is 13.2. The highest BCUT2D eigenvalue weighted by Crippen LogP contribution is 2.30. The third-order valence-corrected chi connectivity index (χ3v) is 3.54. The topological polar surface area (TPSA) is 38.3 Å². The summed E-state index contributed by atoms with van der Waals surface area (Å²) in [4.78, 5) is 12.1. The minimum absolute atomic E-state index is 0.314. The fourth-order valence-corrected chi connectivity index (χ4v) is 2.21. The standard InChI is InChI=1S/C16H15Cl2NO2/c1-10-6-8-12(9-7-10)21-11(2)16(20)19-15-13(17)4-3-5-14(15)18/h3-9,11H,1-2H3,(H,19,20)/t11-/m0/s1. The van der Waals surface area contributed by atoms with Crippen LogP contribution in [0.3, 0.4) is 0 Å². The van der Waals surface area contributed by atoms with Crippen LogP contribution in [0.5, 0.6) is 5.75 Å². The largest absolute Gasteiger partial charge is 0.481 e. The molecule has 0 bridgehead atoms. The van der Waals surface area contributed by atoms with Gasteiger partial charge >= 0.3 is 0 Å². The molecule has 0 saturated carbocycles. The zero-order valence-electron chi connectivity index (χ0n) is 11.7. The molecule has 5 heteroatoms. The molecule has 110 valence electrons. The number of carbonyl (C=O) groups is 1. The van der Waals surface area contributed by atoms with Gasteiger partial charge in [-0.3, -0.25) is 4.79 Å². The van der Waals surface area contributed by atoms with Crippen LogP contribution in [-0.4, -0.2) is 12.0 Å². The Morgan fingerprint density at radius 1 is 1.10 bits per heavy atom. The minimum Gasteiger partial charge on any atom is -0.481 e. The van der Waals surface area contributed by atoms with Crippen LogP contribution >= 0.6 is 23.2 Å². The summed E-state index contributed by atoms with van der Waals surface area (Å²) in [5.41, 5.74) is 1.52. The summed E-state index contributed by atoms with van der Waals surface area (Å²) in [5, 5.41) is 3.46. The second kappa shape index (κ2) is 6.83. The van der Waals surface area contributed by atoms with Crippen LogP contribution < -0.4 is 10.1 Å². The van der Waals surface area contributed by atoms with Gasteiger partial charge in [-0.15, -0.1) is 0 Å². The van der Waals surface area contributed by atoms with E-state index in [9.17, 15) is 4.79 Å². The molecule has 0 saturated heterocycles. The normalized spacial score (nSPS) is 11.8. The van der Waals surface area contributed by atoms with E-state index in [4.69, 9.17) is 27.9 Å². The Labute approximate surface area is 133 Å². The van der Waals surface area contributed by atoms with Gasteiger partial charge in [0, 0.05) is 0 Å². The molecule has 0 radical (unpaired) electrons. The summed E-state index contributed by atoms with van der Waals surface area (Å²) in [7, 11) is 0. The van der Waals surface area contributed by atoms with Crippen LogP contribution in [0.4, 0.5) is 5.69 Å². The Hall–Kier alpha value is -1.71. The van der Waals surface area contributed by atoms with E-state index in [1.165, 1.54) is 0 Å². The van der Waals surface area contributed by atoms with Gasteiger partial charge in [0.05, 0.1) is 15.7 Å². The molecule has 0 fully saturated rings. The molecule has 0 aliphatic carbocycles. The fourth-order valence-electron chi connectivity index (χ4n) is 1.72. The molecule has 0 heterocycles.